The van der Waals surface area contributed by atoms with Crippen LogP contribution in [0.15, 0.2) is 24.3 Å². The predicted octanol–water partition coefficient (Wildman–Crippen LogP) is -5.67. The Labute approximate surface area is 721 Å². The van der Waals surface area contributed by atoms with Crippen LogP contribution in [-0.2, 0) is 92.7 Å². The van der Waals surface area contributed by atoms with E-state index in [9.17, 15) is 122 Å². The van der Waals surface area contributed by atoms with Gasteiger partial charge in [0.25, 0.3) is 0 Å². The lowest BCUT2D eigenvalue weighted by atomic mass is 9.95. The minimum Gasteiger partial charge on any atom is -0.508 e. The lowest BCUT2D eigenvalue weighted by Crippen LogP contribution is -2.63. The van der Waals surface area contributed by atoms with E-state index in [1.54, 1.807) is 67.5 Å². The first-order valence-corrected chi connectivity index (χ1v) is 41.9. The number of nitrogens with two attached hydrogens (primary N) is 5. The van der Waals surface area contributed by atoms with Crippen LogP contribution in [-0.4, -0.2) is 271 Å². The van der Waals surface area contributed by atoms with Crippen LogP contribution >= 0.6 is 0 Å². The molecule has 702 valence electrons. The summed E-state index contributed by atoms with van der Waals surface area (Å²) < 4.78 is 0. The van der Waals surface area contributed by atoms with Crippen LogP contribution in [0.1, 0.15) is 198 Å². The van der Waals surface area contributed by atoms with Crippen molar-refractivity contribution >= 4 is 107 Å². The average Bonchev–Trinajstić information content (AvgIpc) is 0.848. The molecule has 1 aromatic rings. The highest BCUT2D eigenvalue weighted by atomic mass is 16.4. The zero-order chi connectivity index (χ0) is 94.7. The van der Waals surface area contributed by atoms with Crippen LogP contribution in [0.4, 0.5) is 0 Å². The Balaban J connectivity index is 3.66. The molecule has 0 radical (unpaired) electrons. The van der Waals surface area contributed by atoms with Crippen LogP contribution in [0.3, 0.4) is 0 Å². The molecule has 0 fully saturated rings. The lowest BCUT2D eigenvalue weighted by Gasteiger charge is -2.31. The summed E-state index contributed by atoms with van der Waals surface area (Å²) in [6.07, 6.45) is -7.56. The number of unbranched alkanes of at least 4 members (excludes halogenated alkanes) is 3. The second-order valence-electron chi connectivity index (χ2n) is 32.3. The molecule has 0 bridgehead atoms. The minimum atomic E-state index is -2.28. The Morgan fingerprint density at radius 2 is 0.613 bits per heavy atom. The number of aromatic hydroxyl groups is 1. The van der Waals surface area contributed by atoms with Crippen LogP contribution in [0.2, 0.25) is 0 Å². The first-order valence-electron chi connectivity index (χ1n) is 41.9. The lowest BCUT2D eigenvalue weighted by molar-refractivity contribution is -0.144. The maximum Gasteiger partial charge on any atom is 0.326 e. The van der Waals surface area contributed by atoms with E-state index in [1.807, 2.05) is 5.32 Å². The summed E-state index contributed by atoms with van der Waals surface area (Å²) in [6.45, 7) is 19.8. The first kappa shape index (κ1) is 111. The fourth-order valence-electron chi connectivity index (χ4n) is 12.6. The number of primary amides is 1. The van der Waals surface area contributed by atoms with Crippen molar-refractivity contribution in [2.75, 3.05) is 19.6 Å². The van der Waals surface area contributed by atoms with Crippen LogP contribution in [0, 0.1) is 29.6 Å². The second-order valence-corrected chi connectivity index (χ2v) is 32.3. The van der Waals surface area contributed by atoms with Crippen molar-refractivity contribution < 1.29 is 122 Å². The fourth-order valence-corrected chi connectivity index (χ4v) is 12.6. The summed E-state index contributed by atoms with van der Waals surface area (Å²) in [6, 6.07) is -19.2. The molecule has 44 nitrogen and oxygen atoms in total. The largest absolute Gasteiger partial charge is 0.508 e. The highest BCUT2D eigenvalue weighted by Crippen LogP contribution is 2.19. The number of phenols is 1. The number of benzene rings is 1. The van der Waals surface area contributed by atoms with Crippen molar-refractivity contribution in [2.45, 2.75) is 308 Å². The summed E-state index contributed by atoms with van der Waals surface area (Å²) >= 11 is 0. The molecule has 0 heterocycles. The smallest absolute Gasteiger partial charge is 0.326 e. The maximum atomic E-state index is 14.6. The van der Waals surface area contributed by atoms with Crippen molar-refractivity contribution in [2.24, 2.45) is 58.3 Å². The van der Waals surface area contributed by atoms with E-state index in [-0.39, 0.29) is 83.2 Å². The van der Waals surface area contributed by atoms with Crippen molar-refractivity contribution in [3.63, 3.8) is 0 Å². The zero-order valence-corrected chi connectivity index (χ0v) is 73.1. The third-order valence-corrected chi connectivity index (χ3v) is 20.4. The molecular weight excluding hydrogens is 1630 g/mol. The van der Waals surface area contributed by atoms with E-state index in [0.717, 1.165) is 13.8 Å². The average molecular weight is 1770 g/mol. The Morgan fingerprint density at radius 1 is 0.339 bits per heavy atom. The van der Waals surface area contributed by atoms with E-state index in [0.29, 0.717) is 31.2 Å². The number of carboxylic acids is 3. The number of hydrogen-bond acceptors (Lipinski definition) is 26. The van der Waals surface area contributed by atoms with Crippen LogP contribution < -0.4 is 103 Å². The number of carbonyl (C=O) groups is 18. The van der Waals surface area contributed by atoms with Gasteiger partial charge in [-0.05, 0) is 165 Å². The van der Waals surface area contributed by atoms with Crippen molar-refractivity contribution in [1.29, 1.82) is 0 Å². The number of nitrogens with one attached hydrogen (secondary N) is 14. The summed E-state index contributed by atoms with van der Waals surface area (Å²) in [5.74, 6) is -24.5. The SMILES string of the molecule is CCC(C)C(NC(=O)C(CC(C)C)NC(=O)C(NC(=O)C(CCCCN)NC(=O)C(NC(=O)C(CC(=O)O)NC(=O)C(CC(=O)O)NC(=O)C(CCC(N)=O)NC(=O)C(NC(=O)C(CCCCN)NC(=O)C(N)Cc1ccc(O)cc1)C(C)C)C(C)O)C(C)O)C(=O)NC(CCCCN)C(=O)NC(C(=O)NC(C(=O)NC(C(=O)O)C(C)C)C(C)CC)C(C)O. The highest BCUT2D eigenvalue weighted by molar-refractivity contribution is 6.02. The molecule has 0 aliphatic heterocycles. The van der Waals surface area contributed by atoms with Gasteiger partial charge in [-0.25, -0.2) is 4.79 Å². The monoisotopic (exact) mass is 1760 g/mol. The van der Waals surface area contributed by atoms with E-state index in [2.05, 4.69) is 69.1 Å². The van der Waals surface area contributed by atoms with Gasteiger partial charge < -0.3 is 139 Å². The van der Waals surface area contributed by atoms with Gasteiger partial charge in [0, 0.05) is 6.42 Å². The quantitative estimate of drug-likeness (QED) is 0.0270. The number of aliphatic carboxylic acids is 3. The normalized spacial score (nSPS) is 16.2. The summed E-state index contributed by atoms with van der Waals surface area (Å²) in [7, 11) is 0. The molecule has 1 aromatic carbocycles. The van der Waals surface area contributed by atoms with Gasteiger partial charge in [0.1, 0.15) is 90.3 Å². The third-order valence-electron chi connectivity index (χ3n) is 20.4. The van der Waals surface area contributed by atoms with Gasteiger partial charge in [-0.3, -0.25) is 81.5 Å². The molecule has 44 heteroatoms. The van der Waals surface area contributed by atoms with E-state index in [4.69, 9.17) is 28.7 Å². The van der Waals surface area contributed by atoms with E-state index < -0.39 is 271 Å². The Hall–Kier alpha value is -10.8. The van der Waals surface area contributed by atoms with Crippen molar-refractivity contribution in [3.05, 3.63) is 29.8 Å². The molecule has 15 amide bonds. The van der Waals surface area contributed by atoms with E-state index in [1.165, 1.54) is 32.9 Å². The number of rotatable bonds is 61. The molecule has 124 heavy (non-hydrogen) atoms. The van der Waals surface area contributed by atoms with E-state index >= 15 is 0 Å². The van der Waals surface area contributed by atoms with Crippen LogP contribution in [0.25, 0.3) is 0 Å². The van der Waals surface area contributed by atoms with Gasteiger partial charge in [0.05, 0.1) is 37.2 Å². The Bertz CT molecular complexity index is 3700. The molecule has 1 rings (SSSR count). The molecule has 20 unspecified atom stereocenters. The number of carboxylic acid groups (broad SMARTS) is 3. The number of carbonyl (C=O) groups excluding carboxylic acids is 15. The zero-order valence-electron chi connectivity index (χ0n) is 73.1. The number of aliphatic hydroxyl groups excluding tert-OH is 3. The van der Waals surface area contributed by atoms with Crippen molar-refractivity contribution in [3.8, 4) is 5.75 Å². The fraction of sp³-hybridized carbons (Fsp3) is 0.700. The Morgan fingerprint density at radius 3 is 0.952 bits per heavy atom. The molecule has 0 saturated carbocycles. The topological polar surface area (TPSA) is 747 Å². The third kappa shape index (κ3) is 40.2. The predicted molar refractivity (Wildman–Crippen MR) is 449 cm³/mol. The second kappa shape index (κ2) is 56.9. The first-order chi connectivity index (χ1) is 58.0. The number of amides is 15. The summed E-state index contributed by atoms with van der Waals surface area (Å²) in [4.78, 5) is 247. The Kier molecular flexibility index (Phi) is 51.0. The van der Waals surface area contributed by atoms with Crippen LogP contribution in [0.5, 0.6) is 5.75 Å². The van der Waals surface area contributed by atoms with Gasteiger partial charge in [0.15, 0.2) is 0 Å². The molecule has 0 saturated heterocycles. The van der Waals surface area contributed by atoms with Gasteiger partial charge in [-0.2, -0.15) is 0 Å². The molecule has 0 spiro atoms. The minimum absolute atomic E-state index is 0.00204. The molecule has 20 atom stereocenters. The standard InChI is InChI=1S/C80H137N19O25/c1-14-41(9)61(75(118)87-50(23-17-20-32-82)69(112)98-65(45(13)102)79(122)96-62(42(10)15-2)76(119)94-60(40(7)8)80(123)124)95-72(115)53(34-38(3)4)92-78(121)64(44(12)101)97-70(113)51(24-18-21-33-83)88-77(120)63(43(11)100)99-73(116)55(37-58(107)108)91-71(114)54(36-57(105)106)90-67(110)52(29-30-56(85)104)89-74(117)59(39(5)6)93-68(111)49(22-16-19-31-81)86-66(109)48(84)35-46-25-27-47(103)28-26-46/h25-28,38-45,48-55,59-65,100-103H,14-24,29-37,81-84H2,1-13H3,(H2,85,104)(H,86,109)(H,87,118)(H,88,120)(H,89,117)(H,90,110)(H,91,114)(H,92,121)(H,93,111)(H,94,119)(H,95,115)(H,96,122)(H,97,113)(H,98,112)(H,99,116)(H,105,106)(H,107,108)(H,123,124). The molecule has 0 aromatic heterocycles. The van der Waals surface area contributed by atoms with Gasteiger partial charge in [0.2, 0.25) is 88.6 Å². The number of hydrogen-bond donors (Lipinski definition) is 26. The maximum absolute atomic E-state index is 14.6. The number of aliphatic hydroxyl groups is 3. The molecule has 31 N–H and O–H groups in total. The molecule has 0 aliphatic carbocycles. The summed E-state index contributed by atoms with van der Waals surface area (Å²) in [5.41, 5.74) is 29.4. The summed E-state index contributed by atoms with van der Waals surface area (Å²) in [5, 5.41) is 106. The number of phenolic OH excluding ortho intramolecular Hbond substituents is 1. The van der Waals surface area contributed by atoms with Crippen molar-refractivity contribution in [1.82, 2.24) is 74.4 Å². The van der Waals surface area contributed by atoms with Gasteiger partial charge in [-0.15, -0.1) is 0 Å². The van der Waals surface area contributed by atoms with Gasteiger partial charge in [-0.1, -0.05) is 94.2 Å². The van der Waals surface area contributed by atoms with Gasteiger partial charge >= 0.3 is 17.9 Å². The highest BCUT2D eigenvalue weighted by Gasteiger charge is 2.42. The molecule has 0 aliphatic rings. The molecular formula is C80H137N19O25.